The Hall–Kier alpha value is 0.0700. The summed E-state index contributed by atoms with van der Waals surface area (Å²) in [4.78, 5) is 0. The van der Waals surface area contributed by atoms with Gasteiger partial charge in [0.2, 0.25) is 0 Å². The molecule has 1 unspecified atom stereocenters. The lowest BCUT2D eigenvalue weighted by atomic mass is 10.9. The molecule has 4 heteroatoms. The monoisotopic (exact) mass is 109 g/mol. The van der Waals surface area contributed by atoms with Crippen LogP contribution < -0.4 is 0 Å². The molecular formula is C2H5O3S. The lowest BCUT2D eigenvalue weighted by molar-refractivity contribution is 0.341. The second-order valence-corrected chi connectivity index (χ2v) is 1.21. The van der Waals surface area contributed by atoms with Crippen LogP contribution in [0.15, 0.2) is 0 Å². The van der Waals surface area contributed by atoms with E-state index < -0.39 is 11.4 Å². The molecule has 0 aromatic heterocycles. The van der Waals surface area contributed by atoms with Crippen LogP contribution in [0.4, 0.5) is 0 Å². The van der Waals surface area contributed by atoms with Crippen LogP contribution in [0.1, 0.15) is 0 Å². The van der Waals surface area contributed by atoms with E-state index in [1.165, 1.54) is 0 Å². The van der Waals surface area contributed by atoms with E-state index in [1.54, 1.807) is 0 Å². The minimum Gasteiger partial charge on any atom is -0.284 e. The Labute approximate surface area is 38.8 Å². The summed E-state index contributed by atoms with van der Waals surface area (Å²) in [6.45, 7) is 3.18. The van der Waals surface area contributed by atoms with Gasteiger partial charge in [0.15, 0.2) is 0 Å². The van der Waals surface area contributed by atoms with Crippen molar-refractivity contribution in [2.75, 3.05) is 6.61 Å². The fourth-order valence-electron chi connectivity index (χ4n) is 0.0713. The third-order valence-corrected chi connectivity index (χ3v) is 0.552. The quantitative estimate of drug-likeness (QED) is 0.506. The topological polar surface area (TPSA) is 46.5 Å². The third kappa shape index (κ3) is 4.07. The molecule has 0 saturated heterocycles. The summed E-state index contributed by atoms with van der Waals surface area (Å²) in [6.07, 6.45) is 0. The second kappa shape index (κ2) is 3.27. The minimum absolute atomic E-state index is 0.0309. The maximum atomic E-state index is 9.45. The van der Waals surface area contributed by atoms with Crippen LogP contribution in [-0.2, 0) is 15.5 Å². The highest BCUT2D eigenvalue weighted by Crippen LogP contribution is 1.72. The van der Waals surface area contributed by atoms with Crippen LogP contribution in [0, 0.1) is 6.92 Å². The Morgan fingerprint density at radius 2 is 2.50 bits per heavy atom. The summed E-state index contributed by atoms with van der Waals surface area (Å²) in [5, 5.41) is 0. The molecule has 0 saturated carbocycles. The van der Waals surface area contributed by atoms with Gasteiger partial charge in [0.1, 0.15) is 0 Å². The largest absolute Gasteiger partial charge is 0.301 e. The first-order valence-corrected chi connectivity index (χ1v) is 2.34. The fraction of sp³-hybridized carbons (Fsp3) is 0.500. The van der Waals surface area contributed by atoms with E-state index in [2.05, 4.69) is 11.1 Å². The molecule has 37 valence electrons. The SMILES string of the molecule is [CH2]COS(=O)O. The van der Waals surface area contributed by atoms with Gasteiger partial charge in [-0.2, -0.15) is 4.21 Å². The number of rotatable bonds is 2. The van der Waals surface area contributed by atoms with E-state index in [4.69, 9.17) is 4.55 Å². The van der Waals surface area contributed by atoms with E-state index in [9.17, 15) is 4.21 Å². The molecule has 0 heterocycles. The van der Waals surface area contributed by atoms with Crippen LogP contribution in [0.5, 0.6) is 0 Å². The first-order valence-electron chi connectivity index (χ1n) is 1.30. The molecule has 1 radical (unpaired) electrons. The highest BCUT2D eigenvalue weighted by molar-refractivity contribution is 7.74. The first-order chi connectivity index (χ1) is 2.77. The van der Waals surface area contributed by atoms with Crippen LogP contribution in [-0.4, -0.2) is 15.4 Å². The van der Waals surface area contributed by atoms with E-state index >= 15 is 0 Å². The van der Waals surface area contributed by atoms with Gasteiger partial charge < -0.3 is 0 Å². The molecule has 0 spiro atoms. The maximum Gasteiger partial charge on any atom is 0.301 e. The van der Waals surface area contributed by atoms with E-state index in [-0.39, 0.29) is 6.61 Å². The first kappa shape index (κ1) is 6.07. The molecule has 0 aliphatic carbocycles. The maximum absolute atomic E-state index is 9.45. The molecule has 0 aliphatic rings. The normalized spacial score (nSPS) is 14.3. The molecular weight excluding hydrogens is 104 g/mol. The molecule has 0 rings (SSSR count). The average Bonchev–Trinajstić information content (AvgIpc) is 1.35. The zero-order valence-corrected chi connectivity index (χ0v) is 3.90. The van der Waals surface area contributed by atoms with Gasteiger partial charge in [-0.1, -0.05) is 0 Å². The molecule has 1 atom stereocenters. The predicted molar refractivity (Wildman–Crippen MR) is 22.1 cm³/mol. The van der Waals surface area contributed by atoms with Crippen molar-refractivity contribution < 1.29 is 12.9 Å². The predicted octanol–water partition coefficient (Wildman–Crippen LogP) is -0.0262. The van der Waals surface area contributed by atoms with E-state index in [0.29, 0.717) is 0 Å². The van der Waals surface area contributed by atoms with Crippen LogP contribution >= 0.6 is 0 Å². The van der Waals surface area contributed by atoms with Gasteiger partial charge >= 0.3 is 11.4 Å². The molecule has 0 fully saturated rings. The van der Waals surface area contributed by atoms with Crippen LogP contribution in [0.2, 0.25) is 0 Å². The van der Waals surface area contributed by atoms with Crippen LogP contribution in [0.3, 0.4) is 0 Å². The molecule has 0 amide bonds. The van der Waals surface area contributed by atoms with Gasteiger partial charge in [0, 0.05) is 0 Å². The van der Waals surface area contributed by atoms with Gasteiger partial charge in [-0.15, -0.1) is 0 Å². The summed E-state index contributed by atoms with van der Waals surface area (Å²) >= 11 is -2.13. The third-order valence-electron chi connectivity index (χ3n) is 0.184. The van der Waals surface area contributed by atoms with Gasteiger partial charge in [-0.05, 0) is 6.92 Å². The number of hydrogen-bond donors (Lipinski definition) is 1. The summed E-state index contributed by atoms with van der Waals surface area (Å²) < 4.78 is 21.2. The molecule has 0 aliphatic heterocycles. The molecule has 0 aromatic carbocycles. The van der Waals surface area contributed by atoms with Crippen molar-refractivity contribution in [3.63, 3.8) is 0 Å². The Bertz CT molecular complexity index is 52.8. The molecule has 0 aromatic rings. The Balaban J connectivity index is 2.83. The zero-order valence-electron chi connectivity index (χ0n) is 3.09. The Kier molecular flexibility index (Phi) is 3.31. The average molecular weight is 109 g/mol. The van der Waals surface area contributed by atoms with E-state index in [1.807, 2.05) is 0 Å². The Morgan fingerprint density at radius 3 is 2.50 bits per heavy atom. The smallest absolute Gasteiger partial charge is 0.284 e. The summed E-state index contributed by atoms with van der Waals surface area (Å²) in [7, 11) is 0. The standard InChI is InChI=1S/C2H5O3S/c1-2-5-6(3)4/h1-2H2,(H,3,4). The lowest BCUT2D eigenvalue weighted by Crippen LogP contribution is -1.91. The molecule has 0 bridgehead atoms. The van der Waals surface area contributed by atoms with E-state index in [0.717, 1.165) is 0 Å². The molecule has 6 heavy (non-hydrogen) atoms. The van der Waals surface area contributed by atoms with Gasteiger partial charge in [0.05, 0.1) is 6.61 Å². The minimum atomic E-state index is -2.13. The summed E-state index contributed by atoms with van der Waals surface area (Å²) in [5.41, 5.74) is 0. The molecule has 3 nitrogen and oxygen atoms in total. The van der Waals surface area contributed by atoms with Crippen molar-refractivity contribution in [2.24, 2.45) is 0 Å². The van der Waals surface area contributed by atoms with Crippen molar-refractivity contribution in [3.8, 4) is 0 Å². The summed E-state index contributed by atoms with van der Waals surface area (Å²) in [5.74, 6) is 0. The highest BCUT2D eigenvalue weighted by Gasteiger charge is 1.82. The van der Waals surface area contributed by atoms with Crippen molar-refractivity contribution in [2.45, 2.75) is 0 Å². The fourth-order valence-corrected chi connectivity index (χ4v) is 0.214. The van der Waals surface area contributed by atoms with Gasteiger partial charge in [-0.3, -0.25) is 8.74 Å². The Morgan fingerprint density at radius 1 is 2.00 bits per heavy atom. The summed E-state index contributed by atoms with van der Waals surface area (Å²) in [6, 6.07) is 0. The highest BCUT2D eigenvalue weighted by atomic mass is 32.2. The number of hydrogen-bond acceptors (Lipinski definition) is 2. The van der Waals surface area contributed by atoms with Gasteiger partial charge in [0.25, 0.3) is 0 Å². The van der Waals surface area contributed by atoms with Crippen LogP contribution in [0.25, 0.3) is 0 Å². The molecule has 1 N–H and O–H groups in total. The van der Waals surface area contributed by atoms with Crippen molar-refractivity contribution in [1.29, 1.82) is 0 Å². The zero-order chi connectivity index (χ0) is 4.99. The van der Waals surface area contributed by atoms with Crippen molar-refractivity contribution in [3.05, 3.63) is 6.92 Å². The van der Waals surface area contributed by atoms with Crippen molar-refractivity contribution in [1.82, 2.24) is 0 Å². The van der Waals surface area contributed by atoms with Crippen molar-refractivity contribution >= 4 is 11.4 Å². The van der Waals surface area contributed by atoms with Gasteiger partial charge in [-0.25, -0.2) is 0 Å². The lowest BCUT2D eigenvalue weighted by Gasteiger charge is -1.84. The second-order valence-electron chi connectivity index (χ2n) is 0.539.